The summed E-state index contributed by atoms with van der Waals surface area (Å²) in [6, 6.07) is 17.3. The largest absolute Gasteiger partial charge is 1.00 e. The Hall–Kier alpha value is -2.05. The fourth-order valence-electron chi connectivity index (χ4n) is 3.29. The number of nitrogens with zero attached hydrogens (tertiary/aromatic N) is 1. The number of ether oxygens (including phenoxy) is 1. The van der Waals surface area contributed by atoms with Crippen LogP contribution in [0.2, 0.25) is 5.02 Å². The van der Waals surface area contributed by atoms with Crippen molar-refractivity contribution in [3.63, 3.8) is 0 Å². The van der Waals surface area contributed by atoms with Crippen molar-refractivity contribution in [3.05, 3.63) is 59.6 Å². The number of aliphatic carboxylic acids is 1. The molecule has 7 heteroatoms. The number of carboxylic acids is 1. The topological polar surface area (TPSA) is 75.4 Å². The second-order valence-corrected chi connectivity index (χ2v) is 7.29. The first-order chi connectivity index (χ1) is 14.1. The van der Waals surface area contributed by atoms with Crippen molar-refractivity contribution in [2.24, 2.45) is 0 Å². The molecule has 0 N–H and O–H groups in total. The van der Waals surface area contributed by atoms with E-state index in [1.54, 1.807) is 12.1 Å². The zero-order chi connectivity index (χ0) is 20.2. The maximum atomic E-state index is 10.4. The molecule has 0 saturated heterocycles. The number of halogens is 1. The fraction of sp³-hybridized carbons (Fsp3) is 0.217. The quantitative estimate of drug-likeness (QED) is 0.315. The number of carbonyl (C=O) groups excluding carboxylic acids is 1. The van der Waals surface area contributed by atoms with E-state index < -0.39 is 5.97 Å². The number of carbonyl (C=O) groups is 1. The van der Waals surface area contributed by atoms with E-state index in [9.17, 15) is 9.90 Å². The molecule has 4 rings (SSSR count). The summed E-state index contributed by atoms with van der Waals surface area (Å²) in [5.41, 5.74) is 2.33. The Balaban J connectivity index is 0.00000256. The Morgan fingerprint density at radius 1 is 1.07 bits per heavy atom. The molecule has 0 saturated carbocycles. The van der Waals surface area contributed by atoms with E-state index in [-0.39, 0.29) is 36.0 Å². The predicted molar refractivity (Wildman–Crippen MR) is 111 cm³/mol. The van der Waals surface area contributed by atoms with Crippen molar-refractivity contribution < 1.29 is 48.6 Å². The van der Waals surface area contributed by atoms with Crippen LogP contribution in [0.5, 0.6) is 5.75 Å². The predicted octanol–water partition coefficient (Wildman–Crippen LogP) is 1.99. The number of unbranched alkanes of at least 4 members (excludes halogenated alkanes) is 2. The number of hydrogen-bond acceptors (Lipinski definition) is 5. The van der Waals surface area contributed by atoms with Gasteiger partial charge in [-0.3, -0.25) is 0 Å². The third kappa shape index (κ3) is 5.35. The van der Waals surface area contributed by atoms with Crippen molar-refractivity contribution in [1.29, 1.82) is 0 Å². The molecule has 0 unspecified atom stereocenters. The van der Waals surface area contributed by atoms with Crippen LogP contribution in [0.3, 0.4) is 0 Å². The molecular formula is C23H19ClNNaO4. The van der Waals surface area contributed by atoms with E-state index in [1.165, 1.54) is 0 Å². The van der Waals surface area contributed by atoms with Gasteiger partial charge in [-0.1, -0.05) is 23.7 Å². The molecule has 0 atom stereocenters. The van der Waals surface area contributed by atoms with Gasteiger partial charge < -0.3 is 19.1 Å². The van der Waals surface area contributed by atoms with Gasteiger partial charge in [0.2, 0.25) is 5.89 Å². The van der Waals surface area contributed by atoms with Crippen LogP contribution in [0, 0.1) is 0 Å². The van der Waals surface area contributed by atoms with Crippen molar-refractivity contribution in [3.8, 4) is 17.2 Å². The molecule has 0 amide bonds. The maximum absolute atomic E-state index is 10.4. The van der Waals surface area contributed by atoms with Crippen molar-refractivity contribution in [2.45, 2.75) is 25.7 Å². The van der Waals surface area contributed by atoms with Gasteiger partial charge in [-0.25, -0.2) is 4.98 Å². The van der Waals surface area contributed by atoms with E-state index >= 15 is 0 Å². The molecule has 0 aliphatic carbocycles. The Bertz CT molecular complexity index is 1170. The molecule has 1 aromatic heterocycles. The van der Waals surface area contributed by atoms with Gasteiger partial charge in [0.15, 0.2) is 5.58 Å². The zero-order valence-corrected chi connectivity index (χ0v) is 19.4. The van der Waals surface area contributed by atoms with Crippen LogP contribution >= 0.6 is 11.6 Å². The van der Waals surface area contributed by atoms with Crippen LogP contribution in [0.25, 0.3) is 33.3 Å². The normalized spacial score (nSPS) is 10.8. The molecule has 30 heavy (non-hydrogen) atoms. The zero-order valence-electron chi connectivity index (χ0n) is 16.7. The summed E-state index contributed by atoms with van der Waals surface area (Å²) in [7, 11) is 0. The number of aromatic nitrogens is 1. The van der Waals surface area contributed by atoms with Gasteiger partial charge in [-0.2, -0.15) is 0 Å². The van der Waals surface area contributed by atoms with Crippen LogP contribution < -0.4 is 39.4 Å². The fourth-order valence-corrected chi connectivity index (χ4v) is 3.46. The van der Waals surface area contributed by atoms with Crippen LogP contribution in [0.4, 0.5) is 0 Å². The van der Waals surface area contributed by atoms with Gasteiger partial charge in [0.25, 0.3) is 0 Å². The molecule has 0 radical (unpaired) electrons. The summed E-state index contributed by atoms with van der Waals surface area (Å²) in [5.74, 6) is 0.326. The molecular weight excluding hydrogens is 413 g/mol. The molecule has 0 spiro atoms. The minimum Gasteiger partial charge on any atom is -0.550 e. The van der Waals surface area contributed by atoms with Crippen molar-refractivity contribution >= 4 is 39.4 Å². The van der Waals surface area contributed by atoms with E-state index in [1.807, 2.05) is 42.5 Å². The molecule has 4 aromatic rings. The second-order valence-electron chi connectivity index (χ2n) is 6.85. The first kappa shape index (κ1) is 22.6. The Morgan fingerprint density at radius 2 is 1.93 bits per heavy atom. The molecule has 0 aliphatic rings. The van der Waals surface area contributed by atoms with E-state index in [0.717, 1.165) is 40.4 Å². The Morgan fingerprint density at radius 3 is 2.77 bits per heavy atom. The van der Waals surface area contributed by atoms with Crippen LogP contribution in [-0.4, -0.2) is 17.6 Å². The average molecular weight is 432 g/mol. The van der Waals surface area contributed by atoms with Gasteiger partial charge in [0.1, 0.15) is 11.3 Å². The third-order valence-corrected chi connectivity index (χ3v) is 4.96. The summed E-state index contributed by atoms with van der Waals surface area (Å²) in [5, 5.41) is 13.1. The molecule has 0 fully saturated rings. The summed E-state index contributed by atoms with van der Waals surface area (Å²) >= 11 is 6.05. The second kappa shape index (κ2) is 10.3. The van der Waals surface area contributed by atoms with Crippen molar-refractivity contribution in [1.82, 2.24) is 4.98 Å². The molecule has 0 aliphatic heterocycles. The number of oxazole rings is 1. The monoisotopic (exact) mass is 431 g/mol. The number of hydrogen-bond donors (Lipinski definition) is 0. The summed E-state index contributed by atoms with van der Waals surface area (Å²) in [4.78, 5) is 15.0. The minimum absolute atomic E-state index is 0. The number of rotatable bonds is 8. The molecule has 3 aromatic carbocycles. The Labute approximate surface area is 201 Å². The SMILES string of the molecule is O=C([O-])CCCCCOc1ccc2c(-c3nc4cc(Cl)ccc4o3)cccc2c1.[Na+]. The third-order valence-electron chi connectivity index (χ3n) is 4.73. The molecule has 1 heterocycles. The van der Waals surface area contributed by atoms with Crippen LogP contribution in [-0.2, 0) is 4.79 Å². The summed E-state index contributed by atoms with van der Waals surface area (Å²) < 4.78 is 11.7. The molecule has 5 nitrogen and oxygen atoms in total. The van der Waals surface area contributed by atoms with Gasteiger partial charge in [0.05, 0.1) is 6.61 Å². The Kier molecular flexibility index (Phi) is 7.78. The van der Waals surface area contributed by atoms with Crippen LogP contribution in [0.1, 0.15) is 25.7 Å². The first-order valence-corrected chi connectivity index (χ1v) is 9.90. The number of fused-ring (bicyclic) bond motifs is 2. The number of carboxylic acid groups (broad SMARTS) is 1. The molecule has 148 valence electrons. The van der Waals surface area contributed by atoms with Crippen LogP contribution in [0.15, 0.2) is 59.0 Å². The minimum atomic E-state index is -1.00. The van der Waals surface area contributed by atoms with Gasteiger partial charge >= 0.3 is 29.6 Å². The standard InChI is InChI=1S/C23H20ClNO4.Na/c24-16-8-11-21-20(14-16)25-23(29-21)19-6-4-5-15-13-17(9-10-18(15)19)28-12-3-1-2-7-22(26)27;/h4-6,8-11,13-14H,1-3,7,12H2,(H,26,27);/q;+1/p-1. The van der Waals surface area contributed by atoms with E-state index in [2.05, 4.69) is 4.98 Å². The van der Waals surface area contributed by atoms with Crippen molar-refractivity contribution in [2.75, 3.05) is 6.61 Å². The average Bonchev–Trinajstić information content (AvgIpc) is 3.12. The molecule has 0 bridgehead atoms. The summed E-state index contributed by atoms with van der Waals surface area (Å²) in [6.07, 6.45) is 2.31. The first-order valence-electron chi connectivity index (χ1n) is 9.52. The number of benzene rings is 3. The summed E-state index contributed by atoms with van der Waals surface area (Å²) in [6.45, 7) is 0.546. The maximum Gasteiger partial charge on any atom is 1.00 e. The smallest absolute Gasteiger partial charge is 0.550 e. The van der Waals surface area contributed by atoms with Gasteiger partial charge in [-0.05, 0) is 78.9 Å². The van der Waals surface area contributed by atoms with Gasteiger partial charge in [0, 0.05) is 16.6 Å². The van der Waals surface area contributed by atoms with E-state index in [4.69, 9.17) is 20.8 Å². The van der Waals surface area contributed by atoms with Gasteiger partial charge in [-0.15, -0.1) is 0 Å². The van der Waals surface area contributed by atoms with E-state index in [0.29, 0.717) is 29.5 Å².